The fourth-order valence-corrected chi connectivity index (χ4v) is 1.14. The van der Waals surface area contributed by atoms with Crippen molar-refractivity contribution in [2.75, 3.05) is 11.9 Å². The molecule has 7 nitrogen and oxygen atoms in total. The van der Waals surface area contributed by atoms with Crippen LogP contribution < -0.4 is 5.32 Å². The second kappa shape index (κ2) is 4.93. The van der Waals surface area contributed by atoms with Gasteiger partial charge in [0.2, 0.25) is 12.3 Å². The van der Waals surface area contributed by atoms with Gasteiger partial charge in [-0.3, -0.25) is 0 Å². The average Bonchev–Trinajstić information content (AvgIpc) is 2.87. The molecular weight excluding hydrogens is 234 g/mol. The Kier molecular flexibility index (Phi) is 3.35. The first-order valence-electron chi connectivity index (χ1n) is 4.72. The van der Waals surface area contributed by atoms with Crippen molar-refractivity contribution in [2.24, 2.45) is 0 Å². The summed E-state index contributed by atoms with van der Waals surface area (Å²) in [5.74, 6) is 1.02. The van der Waals surface area contributed by atoms with Crippen molar-refractivity contribution >= 4 is 17.6 Å². The summed E-state index contributed by atoms with van der Waals surface area (Å²) in [5, 5.41) is 13.9. The molecule has 1 unspecified atom stereocenters. The van der Waals surface area contributed by atoms with Crippen molar-refractivity contribution in [1.29, 1.82) is 0 Å². The minimum Gasteiger partial charge on any atom is -0.407 e. The van der Waals surface area contributed by atoms with Crippen molar-refractivity contribution in [3.8, 4) is 0 Å². The Labute approximate surface area is 96.2 Å². The first-order valence-corrected chi connectivity index (χ1v) is 5.16. The summed E-state index contributed by atoms with van der Waals surface area (Å²) in [6.07, 6.45) is 1.90. The molecule has 16 heavy (non-hydrogen) atoms. The summed E-state index contributed by atoms with van der Waals surface area (Å²) in [6.45, 7) is 2.34. The van der Waals surface area contributed by atoms with Gasteiger partial charge in [-0.15, -0.1) is 16.7 Å². The van der Waals surface area contributed by atoms with Gasteiger partial charge in [0.1, 0.15) is 5.38 Å². The van der Waals surface area contributed by atoms with Crippen LogP contribution in [0.4, 0.5) is 6.01 Å². The molecule has 2 rings (SSSR count). The normalized spacial score (nSPS) is 12.6. The van der Waals surface area contributed by atoms with Gasteiger partial charge < -0.3 is 14.3 Å². The lowest BCUT2D eigenvalue weighted by Crippen LogP contribution is -2.06. The van der Waals surface area contributed by atoms with Gasteiger partial charge in [-0.1, -0.05) is 10.3 Å². The lowest BCUT2D eigenvalue weighted by atomic mass is 10.4. The highest BCUT2D eigenvalue weighted by molar-refractivity contribution is 6.20. The number of halogens is 1. The van der Waals surface area contributed by atoms with Crippen LogP contribution in [0, 0.1) is 0 Å². The fraction of sp³-hybridized carbons (Fsp3) is 0.500. The minimum atomic E-state index is -0.291. The maximum Gasteiger partial charge on any atom is 0.315 e. The molecule has 0 saturated carbocycles. The van der Waals surface area contributed by atoms with Crippen molar-refractivity contribution in [3.63, 3.8) is 0 Å². The van der Waals surface area contributed by atoms with E-state index in [0.29, 0.717) is 30.7 Å². The number of hydrogen-bond donors (Lipinski definition) is 1. The largest absolute Gasteiger partial charge is 0.407 e. The van der Waals surface area contributed by atoms with Crippen LogP contribution in [0.1, 0.15) is 24.0 Å². The summed E-state index contributed by atoms with van der Waals surface area (Å²) in [6, 6.07) is 0.339. The predicted octanol–water partition coefficient (Wildman–Crippen LogP) is 1.41. The highest BCUT2D eigenvalue weighted by atomic mass is 35.5. The molecular formula is C8H10ClN5O2. The topological polar surface area (TPSA) is 89.9 Å². The number of nitrogens with one attached hydrogen (secondary N) is 1. The zero-order chi connectivity index (χ0) is 11.4. The van der Waals surface area contributed by atoms with E-state index in [9.17, 15) is 0 Å². The van der Waals surface area contributed by atoms with E-state index in [1.807, 2.05) is 0 Å². The van der Waals surface area contributed by atoms with Crippen LogP contribution in [0.2, 0.25) is 0 Å². The van der Waals surface area contributed by atoms with Gasteiger partial charge in [-0.05, 0) is 6.92 Å². The van der Waals surface area contributed by atoms with Crippen LogP contribution in [0.25, 0.3) is 0 Å². The Bertz CT molecular complexity index is 427. The van der Waals surface area contributed by atoms with Crippen LogP contribution in [0.15, 0.2) is 15.3 Å². The van der Waals surface area contributed by atoms with Gasteiger partial charge in [0.15, 0.2) is 5.82 Å². The van der Waals surface area contributed by atoms with Crippen molar-refractivity contribution < 1.29 is 8.94 Å². The molecule has 8 heteroatoms. The smallest absolute Gasteiger partial charge is 0.315 e. The van der Waals surface area contributed by atoms with E-state index >= 15 is 0 Å². The minimum absolute atomic E-state index is 0.291. The maximum absolute atomic E-state index is 5.78. The van der Waals surface area contributed by atoms with E-state index in [2.05, 4.69) is 30.2 Å². The molecule has 0 aliphatic carbocycles. The van der Waals surface area contributed by atoms with Gasteiger partial charge in [0.05, 0.1) is 0 Å². The number of hydrogen-bond acceptors (Lipinski definition) is 7. The fourth-order valence-electron chi connectivity index (χ4n) is 1.05. The first-order chi connectivity index (χ1) is 7.75. The van der Waals surface area contributed by atoms with Crippen LogP contribution >= 0.6 is 11.6 Å². The van der Waals surface area contributed by atoms with Crippen LogP contribution in [-0.4, -0.2) is 26.9 Å². The highest BCUT2D eigenvalue weighted by Crippen LogP contribution is 2.18. The van der Waals surface area contributed by atoms with Gasteiger partial charge in [0.25, 0.3) is 0 Å². The monoisotopic (exact) mass is 243 g/mol. The molecule has 86 valence electrons. The molecule has 0 aromatic carbocycles. The molecule has 0 aliphatic rings. The summed E-state index contributed by atoms with van der Waals surface area (Å²) in [4.78, 5) is 3.88. The standard InChI is InChI=1S/C8H10ClN5O2/c1-5(9)7-12-13-8(16-7)10-3-2-6-11-4-15-14-6/h4-5H,2-3H2,1H3,(H,10,13). The van der Waals surface area contributed by atoms with Gasteiger partial charge >= 0.3 is 6.01 Å². The van der Waals surface area contributed by atoms with Crippen LogP contribution in [-0.2, 0) is 6.42 Å². The van der Waals surface area contributed by atoms with E-state index in [0.717, 1.165) is 0 Å². The third kappa shape index (κ3) is 2.69. The molecule has 0 amide bonds. The molecule has 0 spiro atoms. The number of nitrogens with zero attached hydrogens (tertiary/aromatic N) is 4. The third-order valence-corrected chi connectivity index (χ3v) is 2.00. The third-order valence-electron chi connectivity index (χ3n) is 1.81. The summed E-state index contributed by atoms with van der Waals surface area (Å²) in [5.41, 5.74) is 0. The number of alkyl halides is 1. The quantitative estimate of drug-likeness (QED) is 0.794. The maximum atomic E-state index is 5.78. The van der Waals surface area contributed by atoms with Crippen LogP contribution in [0.3, 0.4) is 0 Å². The van der Waals surface area contributed by atoms with Crippen molar-refractivity contribution in [2.45, 2.75) is 18.7 Å². The van der Waals surface area contributed by atoms with E-state index in [-0.39, 0.29) is 5.38 Å². The Balaban J connectivity index is 1.81. The molecule has 0 aliphatic heterocycles. The van der Waals surface area contributed by atoms with E-state index in [4.69, 9.17) is 16.0 Å². The molecule has 1 atom stereocenters. The zero-order valence-electron chi connectivity index (χ0n) is 8.55. The van der Waals surface area contributed by atoms with Gasteiger partial charge in [-0.2, -0.15) is 4.98 Å². The van der Waals surface area contributed by atoms with E-state index in [1.165, 1.54) is 6.39 Å². The summed E-state index contributed by atoms with van der Waals surface area (Å²) in [7, 11) is 0. The Morgan fingerprint density at radius 1 is 1.50 bits per heavy atom. The number of rotatable bonds is 5. The molecule has 2 aromatic heterocycles. The SMILES string of the molecule is CC(Cl)c1nnc(NCCc2ncon2)o1. The van der Waals surface area contributed by atoms with E-state index < -0.39 is 0 Å². The second-order valence-electron chi connectivity index (χ2n) is 3.09. The van der Waals surface area contributed by atoms with Crippen molar-refractivity contribution in [1.82, 2.24) is 20.3 Å². The molecule has 0 fully saturated rings. The summed E-state index contributed by atoms with van der Waals surface area (Å²) >= 11 is 5.78. The second-order valence-corrected chi connectivity index (χ2v) is 3.74. The van der Waals surface area contributed by atoms with Crippen LogP contribution in [0.5, 0.6) is 0 Å². The van der Waals surface area contributed by atoms with E-state index in [1.54, 1.807) is 6.92 Å². The Morgan fingerprint density at radius 2 is 2.38 bits per heavy atom. The molecule has 1 N–H and O–H groups in total. The molecule has 0 radical (unpaired) electrons. The first kappa shape index (κ1) is 10.9. The number of anilines is 1. The van der Waals surface area contributed by atoms with Gasteiger partial charge in [-0.25, -0.2) is 0 Å². The molecule has 0 saturated heterocycles. The average molecular weight is 244 g/mol. The number of aromatic nitrogens is 4. The highest BCUT2D eigenvalue weighted by Gasteiger charge is 2.10. The summed E-state index contributed by atoms with van der Waals surface area (Å²) < 4.78 is 9.83. The predicted molar refractivity (Wildman–Crippen MR) is 55.1 cm³/mol. The molecule has 0 bridgehead atoms. The Morgan fingerprint density at radius 3 is 3.00 bits per heavy atom. The molecule has 2 heterocycles. The Hall–Kier alpha value is -1.63. The zero-order valence-corrected chi connectivity index (χ0v) is 9.31. The van der Waals surface area contributed by atoms with Crippen molar-refractivity contribution in [3.05, 3.63) is 18.1 Å². The van der Waals surface area contributed by atoms with Gasteiger partial charge in [0, 0.05) is 13.0 Å². The molecule has 2 aromatic rings. The lowest BCUT2D eigenvalue weighted by molar-refractivity contribution is 0.410. The lowest BCUT2D eigenvalue weighted by Gasteiger charge is -1.97.